The van der Waals surface area contributed by atoms with Crippen molar-refractivity contribution in [3.63, 3.8) is 0 Å². The van der Waals surface area contributed by atoms with E-state index in [0.29, 0.717) is 31.1 Å². The summed E-state index contributed by atoms with van der Waals surface area (Å²) in [5, 5.41) is 0. The number of rotatable bonds is 2. The summed E-state index contributed by atoms with van der Waals surface area (Å²) >= 11 is 0. The Bertz CT molecular complexity index is 374. The Hall–Kier alpha value is -1.46. The summed E-state index contributed by atoms with van der Waals surface area (Å²) in [4.78, 5) is 15.5. The van der Waals surface area contributed by atoms with Crippen molar-refractivity contribution < 1.29 is 19.0 Å². The van der Waals surface area contributed by atoms with Gasteiger partial charge < -0.3 is 14.2 Å². The van der Waals surface area contributed by atoms with E-state index in [1.807, 2.05) is 0 Å². The maximum Gasteiger partial charge on any atom is 0.357 e. The van der Waals surface area contributed by atoms with Crippen molar-refractivity contribution in [3.8, 4) is 0 Å². The van der Waals surface area contributed by atoms with E-state index in [-0.39, 0.29) is 6.10 Å². The van der Waals surface area contributed by atoms with Crippen LogP contribution >= 0.6 is 0 Å². The number of hydrogen-bond donors (Lipinski definition) is 0. The van der Waals surface area contributed by atoms with Crippen LogP contribution in [0.1, 0.15) is 22.2 Å². The summed E-state index contributed by atoms with van der Waals surface area (Å²) in [5.41, 5.74) is 1.01. The summed E-state index contributed by atoms with van der Waals surface area (Å²) in [6.45, 7) is 1.56. The standard InChI is InChI=1S/C11H13NO4/c1-14-11(13)10-8(3-2-4-12-10)9-7-15-5-6-16-9/h2-4,9H,5-7H2,1H3. The van der Waals surface area contributed by atoms with Gasteiger partial charge in [-0.25, -0.2) is 9.78 Å². The fraction of sp³-hybridized carbons (Fsp3) is 0.455. The van der Waals surface area contributed by atoms with E-state index in [4.69, 9.17) is 9.47 Å². The average Bonchev–Trinajstić information content (AvgIpc) is 2.39. The predicted molar refractivity (Wildman–Crippen MR) is 55.1 cm³/mol. The second-order valence-corrected chi connectivity index (χ2v) is 3.37. The molecule has 16 heavy (non-hydrogen) atoms. The number of esters is 1. The first-order valence-corrected chi connectivity index (χ1v) is 5.05. The highest BCUT2D eigenvalue weighted by Gasteiger charge is 2.23. The van der Waals surface area contributed by atoms with E-state index in [0.717, 1.165) is 0 Å². The van der Waals surface area contributed by atoms with Gasteiger partial charge in [-0.1, -0.05) is 6.07 Å². The Labute approximate surface area is 93.3 Å². The second kappa shape index (κ2) is 5.05. The van der Waals surface area contributed by atoms with Crippen molar-refractivity contribution in [1.29, 1.82) is 0 Å². The minimum absolute atomic E-state index is 0.239. The Balaban J connectivity index is 2.28. The topological polar surface area (TPSA) is 57.7 Å². The second-order valence-electron chi connectivity index (χ2n) is 3.37. The number of methoxy groups -OCH3 is 1. The van der Waals surface area contributed by atoms with Crippen molar-refractivity contribution in [2.75, 3.05) is 26.9 Å². The van der Waals surface area contributed by atoms with Crippen LogP contribution in [0.2, 0.25) is 0 Å². The van der Waals surface area contributed by atoms with Gasteiger partial charge in [-0.2, -0.15) is 0 Å². The van der Waals surface area contributed by atoms with Crippen LogP contribution in [0.3, 0.4) is 0 Å². The minimum atomic E-state index is -0.454. The van der Waals surface area contributed by atoms with Crippen LogP contribution in [0, 0.1) is 0 Å². The molecule has 0 spiro atoms. The number of carbonyl (C=O) groups is 1. The molecule has 0 N–H and O–H groups in total. The molecule has 1 aliphatic rings. The molecule has 1 unspecified atom stereocenters. The van der Waals surface area contributed by atoms with Gasteiger partial charge in [0.1, 0.15) is 6.10 Å². The van der Waals surface area contributed by atoms with Crippen molar-refractivity contribution in [3.05, 3.63) is 29.6 Å². The number of pyridine rings is 1. The highest BCUT2D eigenvalue weighted by molar-refractivity contribution is 5.88. The van der Waals surface area contributed by atoms with Crippen molar-refractivity contribution in [2.45, 2.75) is 6.10 Å². The van der Waals surface area contributed by atoms with Crippen molar-refractivity contribution in [2.24, 2.45) is 0 Å². The smallest absolute Gasteiger partial charge is 0.357 e. The third-order valence-electron chi connectivity index (χ3n) is 2.38. The zero-order valence-corrected chi connectivity index (χ0v) is 9.01. The fourth-order valence-corrected chi connectivity index (χ4v) is 1.61. The lowest BCUT2D eigenvalue weighted by atomic mass is 10.1. The number of nitrogens with zero attached hydrogens (tertiary/aromatic N) is 1. The number of hydrogen-bond acceptors (Lipinski definition) is 5. The van der Waals surface area contributed by atoms with Gasteiger partial charge in [0.05, 0.1) is 26.9 Å². The molecule has 0 saturated carbocycles. The van der Waals surface area contributed by atoms with Crippen LogP contribution < -0.4 is 0 Å². The molecule has 5 heteroatoms. The molecule has 1 fully saturated rings. The summed E-state index contributed by atoms with van der Waals surface area (Å²) < 4.78 is 15.5. The SMILES string of the molecule is COC(=O)c1ncccc1C1COCCO1. The quantitative estimate of drug-likeness (QED) is 0.699. The van der Waals surface area contributed by atoms with E-state index >= 15 is 0 Å². The van der Waals surface area contributed by atoms with E-state index in [2.05, 4.69) is 9.72 Å². The third-order valence-corrected chi connectivity index (χ3v) is 2.38. The molecule has 2 rings (SSSR count). The van der Waals surface area contributed by atoms with E-state index in [1.54, 1.807) is 18.3 Å². The monoisotopic (exact) mass is 223 g/mol. The summed E-state index contributed by atoms with van der Waals surface area (Å²) in [6.07, 6.45) is 1.32. The Morgan fingerprint density at radius 1 is 1.56 bits per heavy atom. The lowest BCUT2D eigenvalue weighted by molar-refractivity contribution is -0.0905. The van der Waals surface area contributed by atoms with Gasteiger partial charge in [-0.3, -0.25) is 0 Å². The van der Waals surface area contributed by atoms with Crippen molar-refractivity contribution in [1.82, 2.24) is 4.98 Å². The molecule has 0 aromatic carbocycles. The molecule has 86 valence electrons. The molecule has 1 aromatic heterocycles. The molecule has 0 amide bonds. The average molecular weight is 223 g/mol. The lowest BCUT2D eigenvalue weighted by Crippen LogP contribution is -2.24. The third kappa shape index (κ3) is 2.20. The molecule has 0 radical (unpaired) electrons. The molecule has 0 aliphatic carbocycles. The molecule has 0 bridgehead atoms. The molecule has 1 atom stereocenters. The zero-order valence-electron chi connectivity index (χ0n) is 9.01. The first-order valence-electron chi connectivity index (χ1n) is 5.05. The molecular weight excluding hydrogens is 210 g/mol. The number of ether oxygens (including phenoxy) is 3. The van der Waals surface area contributed by atoms with Gasteiger partial charge in [-0.05, 0) is 6.07 Å². The van der Waals surface area contributed by atoms with Gasteiger partial charge in [0.15, 0.2) is 5.69 Å². The Kier molecular flexibility index (Phi) is 3.48. The van der Waals surface area contributed by atoms with E-state index < -0.39 is 5.97 Å². The van der Waals surface area contributed by atoms with Crippen LogP contribution in [-0.4, -0.2) is 37.9 Å². The molecule has 5 nitrogen and oxygen atoms in total. The van der Waals surface area contributed by atoms with Crippen LogP contribution in [-0.2, 0) is 14.2 Å². The predicted octanol–water partition coefficient (Wildman–Crippen LogP) is 0.956. The van der Waals surface area contributed by atoms with Crippen LogP contribution in [0.25, 0.3) is 0 Å². The van der Waals surface area contributed by atoms with Gasteiger partial charge in [0, 0.05) is 11.8 Å². The summed E-state index contributed by atoms with van der Waals surface area (Å²) in [7, 11) is 1.33. The number of aromatic nitrogens is 1. The maximum absolute atomic E-state index is 11.5. The minimum Gasteiger partial charge on any atom is -0.464 e. The molecule has 1 saturated heterocycles. The largest absolute Gasteiger partial charge is 0.464 e. The fourth-order valence-electron chi connectivity index (χ4n) is 1.61. The Morgan fingerprint density at radius 3 is 3.12 bits per heavy atom. The lowest BCUT2D eigenvalue weighted by Gasteiger charge is -2.24. The van der Waals surface area contributed by atoms with Gasteiger partial charge >= 0.3 is 5.97 Å². The van der Waals surface area contributed by atoms with E-state index in [9.17, 15) is 4.79 Å². The molecular formula is C11H13NO4. The number of carbonyl (C=O) groups excluding carboxylic acids is 1. The van der Waals surface area contributed by atoms with Gasteiger partial charge in [0.2, 0.25) is 0 Å². The molecule has 1 aliphatic heterocycles. The molecule has 1 aromatic rings. The maximum atomic E-state index is 11.5. The van der Waals surface area contributed by atoms with Gasteiger partial charge in [0.25, 0.3) is 0 Å². The Morgan fingerprint density at radius 2 is 2.44 bits per heavy atom. The van der Waals surface area contributed by atoms with Crippen LogP contribution in [0.5, 0.6) is 0 Å². The van der Waals surface area contributed by atoms with Crippen LogP contribution in [0.4, 0.5) is 0 Å². The van der Waals surface area contributed by atoms with E-state index in [1.165, 1.54) is 7.11 Å². The first kappa shape index (κ1) is 11.0. The highest BCUT2D eigenvalue weighted by atomic mass is 16.6. The molecule has 2 heterocycles. The highest BCUT2D eigenvalue weighted by Crippen LogP contribution is 2.23. The summed E-state index contributed by atoms with van der Waals surface area (Å²) in [5.74, 6) is -0.454. The summed E-state index contributed by atoms with van der Waals surface area (Å²) in [6, 6.07) is 3.57. The van der Waals surface area contributed by atoms with Gasteiger partial charge in [-0.15, -0.1) is 0 Å². The normalized spacial score (nSPS) is 20.4. The van der Waals surface area contributed by atoms with Crippen LogP contribution in [0.15, 0.2) is 18.3 Å². The van der Waals surface area contributed by atoms with Crippen molar-refractivity contribution >= 4 is 5.97 Å². The first-order chi connectivity index (χ1) is 7.83. The zero-order chi connectivity index (χ0) is 11.4.